The minimum absolute atomic E-state index is 0.00957. The number of nitrogens with one attached hydrogen (secondary N) is 2. The number of rotatable bonds is 12. The maximum atomic E-state index is 5.45. The Morgan fingerprint density at radius 2 is 0.679 bits per heavy atom. The average Bonchev–Trinajstić information content (AvgIpc) is 3.53. The first kappa shape index (κ1) is 55.6. The first-order valence-corrected chi connectivity index (χ1v) is 34.0. The van der Waals surface area contributed by atoms with E-state index in [1.165, 1.54) is 11.1 Å². The highest BCUT2D eigenvalue weighted by Crippen LogP contribution is 2.32. The van der Waals surface area contributed by atoms with E-state index in [4.69, 9.17) is 9.98 Å². The molecule has 386 valence electrons. The lowest BCUT2D eigenvalue weighted by Gasteiger charge is -2.23. The molecule has 0 unspecified atom stereocenters. The average molecular weight is 1050 g/mol. The lowest BCUT2D eigenvalue weighted by atomic mass is 9.93. The van der Waals surface area contributed by atoms with Gasteiger partial charge >= 0.3 is 0 Å². The molecule has 0 aliphatic carbocycles. The Kier molecular flexibility index (Phi) is 18.5. The Bertz CT molecular complexity index is 3390. The number of amidine groups is 2. The van der Waals surface area contributed by atoms with Crippen LogP contribution in [0.5, 0.6) is 0 Å². The molecule has 78 heavy (non-hydrogen) atoms. The summed E-state index contributed by atoms with van der Waals surface area (Å²) in [4.78, 5) is 10.9. The fraction of sp³-hybridized carbons (Fsp3) is 0.194. The fourth-order valence-electron chi connectivity index (χ4n) is 8.89. The molecule has 4 nitrogen and oxygen atoms in total. The Morgan fingerprint density at radius 1 is 0.359 bits per heavy atom. The molecule has 0 amide bonds. The van der Waals surface area contributed by atoms with Gasteiger partial charge in [-0.1, -0.05) is 233 Å². The first-order chi connectivity index (χ1) is 37.6. The molecule has 0 fully saturated rings. The summed E-state index contributed by atoms with van der Waals surface area (Å²) < 4.78 is 0. The molecule has 4 atom stereocenters. The maximum Gasteiger partial charge on any atom is 0.131 e. The van der Waals surface area contributed by atoms with E-state index in [1.54, 1.807) is 0 Å². The van der Waals surface area contributed by atoms with Crippen LogP contribution in [0.4, 0.5) is 0 Å². The molecule has 2 N–H and O–H groups in total. The molecule has 0 saturated heterocycles. The Labute approximate surface area is 467 Å². The standard InChI is InChI=1S/C72H70N4Si2/c1-53(59-29-15-11-16-30-59)73-71(74-54(2)60-31-17-12-18-32-60)69-65(49-51-77(5,6)7)37-25-39-67(69)63-45-41-57(42-46-63)27-23-24-28-58-43-47-64(48-44-58)68-40-26-38-66(50-52-78(8,9)10)70(68)72(75-55(3)61-33-19-13-20-34-61)76-56(4)62-35-21-14-22-36-62/h11-22,25-26,29-48,53-56H,1-10H3,(H,73,74)(H,75,76)/t53-,54-,55-,56-/m0/s1. The summed E-state index contributed by atoms with van der Waals surface area (Å²) in [6, 6.07) is 71.4. The third-order valence-electron chi connectivity index (χ3n) is 13.1. The van der Waals surface area contributed by atoms with Crippen LogP contribution in [0.1, 0.15) is 107 Å². The summed E-state index contributed by atoms with van der Waals surface area (Å²) in [5.41, 5.74) is 21.8. The predicted molar refractivity (Wildman–Crippen MR) is 337 cm³/mol. The molecule has 8 aromatic carbocycles. The van der Waals surface area contributed by atoms with Gasteiger partial charge in [0.15, 0.2) is 0 Å². The summed E-state index contributed by atoms with van der Waals surface area (Å²) in [5.74, 6) is 21.7. The highest BCUT2D eigenvalue weighted by molar-refractivity contribution is 6.84. The lowest BCUT2D eigenvalue weighted by molar-refractivity contribution is 0.703. The van der Waals surface area contributed by atoms with Crippen molar-refractivity contribution in [1.82, 2.24) is 10.6 Å². The Hall–Kier alpha value is -8.63. The van der Waals surface area contributed by atoms with Crippen LogP contribution in [0, 0.1) is 46.6 Å². The zero-order valence-electron chi connectivity index (χ0n) is 46.8. The SMILES string of the molecule is C[C@H](N=C(N[C@@H](C)c1ccccc1)c1c(C#C[Si](C)(C)C)cccc1-c1ccc(C#CC#Cc2ccc(-c3cccc(C#C[Si](C)(C)C)c3C(=N[C@@H](C)c3ccccc3)N[C@@H](C)c3ccccc3)cc2)cc1)c1ccccc1. The smallest absolute Gasteiger partial charge is 0.131 e. The molecular weight excluding hydrogens is 977 g/mol. The van der Waals surface area contributed by atoms with Crippen molar-refractivity contribution in [2.75, 3.05) is 0 Å². The van der Waals surface area contributed by atoms with Gasteiger partial charge in [-0.05, 0) is 120 Å². The number of hydrogen-bond acceptors (Lipinski definition) is 2. The number of aliphatic imine (C=N–C) groups is 2. The van der Waals surface area contributed by atoms with Gasteiger partial charge < -0.3 is 10.6 Å². The molecule has 0 spiro atoms. The number of benzene rings is 8. The molecule has 8 rings (SSSR count). The normalized spacial score (nSPS) is 13.1. The van der Waals surface area contributed by atoms with Crippen LogP contribution in [-0.2, 0) is 0 Å². The van der Waals surface area contributed by atoms with Gasteiger partial charge in [0, 0.05) is 45.5 Å². The van der Waals surface area contributed by atoms with E-state index >= 15 is 0 Å². The molecule has 8 aromatic rings. The molecule has 0 radical (unpaired) electrons. The van der Waals surface area contributed by atoms with E-state index in [-0.39, 0.29) is 24.2 Å². The Morgan fingerprint density at radius 3 is 1.00 bits per heavy atom. The molecule has 0 heterocycles. The first-order valence-electron chi connectivity index (χ1n) is 27.0. The second-order valence-electron chi connectivity index (χ2n) is 21.8. The molecule has 6 heteroatoms. The topological polar surface area (TPSA) is 48.8 Å². The van der Waals surface area contributed by atoms with Gasteiger partial charge in [0.05, 0.1) is 12.1 Å². The third kappa shape index (κ3) is 15.5. The molecule has 0 aromatic heterocycles. The van der Waals surface area contributed by atoms with Crippen molar-refractivity contribution in [3.05, 3.63) is 262 Å². The second-order valence-corrected chi connectivity index (χ2v) is 31.3. The van der Waals surface area contributed by atoms with E-state index in [0.29, 0.717) is 0 Å². The summed E-state index contributed by atoms with van der Waals surface area (Å²) in [6.45, 7) is 22.4. The quantitative estimate of drug-likeness (QED) is 0.0554. The van der Waals surface area contributed by atoms with Gasteiger partial charge in [0.25, 0.3) is 0 Å². The zero-order valence-corrected chi connectivity index (χ0v) is 48.8. The van der Waals surface area contributed by atoms with E-state index in [2.05, 4.69) is 318 Å². The van der Waals surface area contributed by atoms with Crippen molar-refractivity contribution in [3.8, 4) is 68.9 Å². The molecule has 0 aliphatic heterocycles. The number of hydrogen-bond donors (Lipinski definition) is 2. The molecule has 0 saturated carbocycles. The second kappa shape index (κ2) is 25.9. The van der Waals surface area contributed by atoms with Crippen molar-refractivity contribution >= 4 is 27.8 Å². The minimum atomic E-state index is -1.73. The molecule has 0 aliphatic rings. The Balaban J connectivity index is 1.10. The van der Waals surface area contributed by atoms with E-state index in [0.717, 1.165) is 78.4 Å². The monoisotopic (exact) mass is 1050 g/mol. The van der Waals surface area contributed by atoms with Gasteiger partial charge in [-0.25, -0.2) is 0 Å². The van der Waals surface area contributed by atoms with Crippen molar-refractivity contribution in [2.24, 2.45) is 9.98 Å². The molecule has 0 bridgehead atoms. The van der Waals surface area contributed by atoms with Crippen LogP contribution < -0.4 is 10.6 Å². The largest absolute Gasteiger partial charge is 0.363 e. The summed E-state index contributed by atoms with van der Waals surface area (Å²) in [6.07, 6.45) is 0. The zero-order chi connectivity index (χ0) is 55.1. The van der Waals surface area contributed by atoms with Crippen LogP contribution in [0.25, 0.3) is 22.3 Å². The van der Waals surface area contributed by atoms with Crippen molar-refractivity contribution in [2.45, 2.75) is 91.1 Å². The lowest BCUT2D eigenvalue weighted by Crippen LogP contribution is -2.29. The highest BCUT2D eigenvalue weighted by atomic mass is 28.3. The van der Waals surface area contributed by atoms with Crippen molar-refractivity contribution in [3.63, 3.8) is 0 Å². The van der Waals surface area contributed by atoms with Crippen molar-refractivity contribution in [1.29, 1.82) is 0 Å². The van der Waals surface area contributed by atoms with Gasteiger partial charge in [0.2, 0.25) is 0 Å². The third-order valence-corrected chi connectivity index (χ3v) is 14.9. The van der Waals surface area contributed by atoms with Gasteiger partial charge in [0.1, 0.15) is 27.8 Å². The predicted octanol–water partition coefficient (Wildman–Crippen LogP) is 16.6. The minimum Gasteiger partial charge on any atom is -0.363 e. The molecular formula is C72H70N4Si2. The summed E-state index contributed by atoms with van der Waals surface area (Å²) in [7, 11) is -3.45. The van der Waals surface area contributed by atoms with Crippen LogP contribution >= 0.6 is 0 Å². The summed E-state index contributed by atoms with van der Waals surface area (Å²) >= 11 is 0. The van der Waals surface area contributed by atoms with Crippen molar-refractivity contribution < 1.29 is 0 Å². The van der Waals surface area contributed by atoms with E-state index in [1.807, 2.05) is 12.1 Å². The maximum absolute atomic E-state index is 5.45. The van der Waals surface area contributed by atoms with Crippen LogP contribution in [0.2, 0.25) is 39.3 Å². The van der Waals surface area contributed by atoms with Gasteiger partial charge in [-0.2, -0.15) is 0 Å². The van der Waals surface area contributed by atoms with Crippen LogP contribution in [0.3, 0.4) is 0 Å². The van der Waals surface area contributed by atoms with E-state index in [9.17, 15) is 0 Å². The fourth-order valence-corrected chi connectivity index (χ4v) is 9.91. The highest BCUT2D eigenvalue weighted by Gasteiger charge is 2.22. The number of nitrogens with zero attached hydrogens (tertiary/aromatic N) is 2. The van der Waals surface area contributed by atoms with E-state index < -0.39 is 16.1 Å². The van der Waals surface area contributed by atoms with Crippen LogP contribution in [0.15, 0.2) is 216 Å². The van der Waals surface area contributed by atoms with Crippen LogP contribution in [-0.4, -0.2) is 27.8 Å². The van der Waals surface area contributed by atoms with Gasteiger partial charge in [-0.3, -0.25) is 9.98 Å². The summed E-state index contributed by atoms with van der Waals surface area (Å²) in [5, 5.41) is 7.71. The van der Waals surface area contributed by atoms with Gasteiger partial charge in [-0.15, -0.1) is 11.1 Å².